The number of benzene rings is 2. The molecule has 7 nitrogen and oxygen atoms in total. The van der Waals surface area contributed by atoms with Crippen molar-refractivity contribution in [3.8, 4) is 0 Å². The van der Waals surface area contributed by atoms with Crippen LogP contribution in [0.4, 0.5) is 5.69 Å². The maximum Gasteiger partial charge on any atom is 0.243 e. The third-order valence-corrected chi connectivity index (χ3v) is 8.60. The number of carbonyl (C=O) groups is 1. The zero-order valence-electron chi connectivity index (χ0n) is 19.1. The molecule has 0 atom stereocenters. The number of nitrogens with zero attached hydrogens (tertiary/aromatic N) is 3. The van der Waals surface area contributed by atoms with Crippen LogP contribution in [0.15, 0.2) is 52.3 Å². The Morgan fingerprint density at radius 1 is 1.15 bits per heavy atom. The number of aryl methyl sites for hydroxylation is 2. The van der Waals surface area contributed by atoms with Crippen LogP contribution in [0.5, 0.6) is 0 Å². The van der Waals surface area contributed by atoms with Crippen molar-refractivity contribution in [2.24, 2.45) is 0 Å². The summed E-state index contributed by atoms with van der Waals surface area (Å²) in [5.74, 6) is 0.736. The van der Waals surface area contributed by atoms with Crippen molar-refractivity contribution in [3.63, 3.8) is 0 Å². The van der Waals surface area contributed by atoms with E-state index in [0.29, 0.717) is 31.4 Å². The monoisotopic (exact) mass is 486 g/mol. The fraction of sp³-hybridized carbons (Fsp3) is 0.417. The predicted molar refractivity (Wildman–Crippen MR) is 133 cm³/mol. The molecule has 1 aliphatic heterocycles. The van der Waals surface area contributed by atoms with Gasteiger partial charge in [-0.25, -0.2) is 13.4 Å². The fourth-order valence-corrected chi connectivity index (χ4v) is 6.34. The van der Waals surface area contributed by atoms with Gasteiger partial charge in [0, 0.05) is 37.4 Å². The lowest BCUT2D eigenvalue weighted by Crippen LogP contribution is -2.27. The van der Waals surface area contributed by atoms with Gasteiger partial charge in [-0.05, 0) is 55.9 Å². The van der Waals surface area contributed by atoms with Crippen LogP contribution in [0.3, 0.4) is 0 Å². The molecule has 1 saturated heterocycles. The van der Waals surface area contributed by atoms with Gasteiger partial charge < -0.3 is 9.88 Å². The minimum absolute atomic E-state index is 0.0658. The molecule has 1 N–H and O–H groups in total. The Balaban J connectivity index is 1.55. The van der Waals surface area contributed by atoms with E-state index in [-0.39, 0.29) is 10.8 Å². The minimum atomic E-state index is -3.50. The molecule has 1 fully saturated rings. The van der Waals surface area contributed by atoms with Gasteiger partial charge in [0.05, 0.1) is 21.6 Å². The van der Waals surface area contributed by atoms with E-state index in [0.717, 1.165) is 47.7 Å². The van der Waals surface area contributed by atoms with Gasteiger partial charge in [-0.15, -0.1) is 11.8 Å². The topological polar surface area (TPSA) is 84.3 Å². The second kappa shape index (κ2) is 10.3. The van der Waals surface area contributed by atoms with Crippen molar-refractivity contribution in [2.45, 2.75) is 55.4 Å². The van der Waals surface area contributed by atoms with E-state index in [1.807, 2.05) is 36.6 Å². The Labute approximate surface area is 199 Å². The fourth-order valence-electron chi connectivity index (χ4n) is 4.25. The quantitative estimate of drug-likeness (QED) is 0.450. The van der Waals surface area contributed by atoms with Gasteiger partial charge in [0.2, 0.25) is 15.9 Å². The van der Waals surface area contributed by atoms with Crippen LogP contribution in [0.1, 0.15) is 38.4 Å². The molecule has 0 radical (unpaired) electrons. The average molecular weight is 487 g/mol. The molecule has 4 rings (SSSR count). The highest BCUT2D eigenvalue weighted by atomic mass is 32.2. The van der Waals surface area contributed by atoms with Crippen molar-refractivity contribution >= 4 is 44.4 Å². The van der Waals surface area contributed by atoms with Crippen LogP contribution in [0.2, 0.25) is 0 Å². The first-order valence-electron chi connectivity index (χ1n) is 11.4. The Morgan fingerprint density at radius 2 is 1.91 bits per heavy atom. The van der Waals surface area contributed by atoms with Crippen molar-refractivity contribution in [1.82, 2.24) is 13.9 Å². The molecular formula is C24H30N4O3S2. The van der Waals surface area contributed by atoms with Gasteiger partial charge in [0.1, 0.15) is 5.82 Å². The number of amides is 1. The zero-order valence-corrected chi connectivity index (χ0v) is 20.7. The molecule has 2 heterocycles. The van der Waals surface area contributed by atoms with E-state index in [9.17, 15) is 13.2 Å². The number of nitrogens with one attached hydrogen (secondary N) is 1. The van der Waals surface area contributed by atoms with Gasteiger partial charge in [-0.2, -0.15) is 4.31 Å². The standard InChI is InChI=1S/C24H30N4O3S2/c1-3-14-28-21-11-10-18(33(30,31)27-15-6-7-16-27)17-20(21)25-23(28)12-13-24(29)26-19-8-4-5-9-22(19)32-2/h4-5,8-11,17H,3,6-7,12-16H2,1-2H3,(H,26,29). The Hall–Kier alpha value is -2.36. The number of sulfonamides is 1. The Bertz CT molecular complexity index is 1250. The molecule has 0 spiro atoms. The Kier molecular flexibility index (Phi) is 7.41. The molecule has 1 aliphatic rings. The van der Waals surface area contributed by atoms with Crippen LogP contribution in [0.25, 0.3) is 11.0 Å². The molecule has 0 bridgehead atoms. The number of carbonyl (C=O) groups excluding carboxylic acids is 1. The number of imidazole rings is 1. The molecule has 33 heavy (non-hydrogen) atoms. The van der Waals surface area contributed by atoms with Gasteiger partial charge >= 0.3 is 0 Å². The van der Waals surface area contributed by atoms with E-state index < -0.39 is 10.0 Å². The molecule has 9 heteroatoms. The summed E-state index contributed by atoms with van der Waals surface area (Å²) < 4.78 is 29.6. The summed E-state index contributed by atoms with van der Waals surface area (Å²) in [7, 11) is -3.50. The van der Waals surface area contributed by atoms with Crippen LogP contribution < -0.4 is 5.32 Å². The average Bonchev–Trinajstić information content (AvgIpc) is 3.47. The SMILES string of the molecule is CCCn1c(CCC(=O)Nc2ccccc2SC)nc2cc(S(=O)(=O)N3CCCC3)ccc21. The number of hydrogen-bond acceptors (Lipinski definition) is 5. The molecular weight excluding hydrogens is 456 g/mol. The third kappa shape index (κ3) is 5.10. The second-order valence-corrected chi connectivity index (χ2v) is 11.0. The first-order valence-corrected chi connectivity index (χ1v) is 14.0. The summed E-state index contributed by atoms with van der Waals surface area (Å²) in [6.07, 6.45) is 5.49. The first kappa shape index (κ1) is 23.8. The highest BCUT2D eigenvalue weighted by molar-refractivity contribution is 7.98. The number of aromatic nitrogens is 2. The highest BCUT2D eigenvalue weighted by Crippen LogP contribution is 2.27. The molecule has 0 unspecified atom stereocenters. The maximum atomic E-state index is 13.0. The Morgan fingerprint density at radius 3 is 2.64 bits per heavy atom. The smallest absolute Gasteiger partial charge is 0.243 e. The predicted octanol–water partition coefficient (Wildman–Crippen LogP) is 4.52. The molecule has 0 aliphatic carbocycles. The summed E-state index contributed by atoms with van der Waals surface area (Å²) >= 11 is 1.59. The van der Waals surface area contributed by atoms with E-state index in [4.69, 9.17) is 4.98 Å². The molecule has 1 aromatic heterocycles. The number of anilines is 1. The van der Waals surface area contributed by atoms with Crippen molar-refractivity contribution < 1.29 is 13.2 Å². The van der Waals surface area contributed by atoms with Crippen molar-refractivity contribution in [3.05, 3.63) is 48.3 Å². The van der Waals surface area contributed by atoms with Gasteiger partial charge in [-0.3, -0.25) is 4.79 Å². The maximum absolute atomic E-state index is 13.0. The lowest BCUT2D eigenvalue weighted by atomic mass is 10.2. The first-order chi connectivity index (χ1) is 15.9. The van der Waals surface area contributed by atoms with E-state index in [2.05, 4.69) is 16.8 Å². The van der Waals surface area contributed by atoms with E-state index >= 15 is 0 Å². The number of fused-ring (bicyclic) bond motifs is 1. The minimum Gasteiger partial charge on any atom is -0.328 e. The lowest BCUT2D eigenvalue weighted by Gasteiger charge is -2.15. The van der Waals surface area contributed by atoms with Crippen LogP contribution in [-0.4, -0.2) is 47.5 Å². The summed E-state index contributed by atoms with van der Waals surface area (Å²) in [6.45, 7) is 4.00. The van der Waals surface area contributed by atoms with E-state index in [1.54, 1.807) is 28.2 Å². The summed E-state index contributed by atoms with van der Waals surface area (Å²) in [5, 5.41) is 3.00. The van der Waals surface area contributed by atoms with Crippen LogP contribution in [0, 0.1) is 0 Å². The van der Waals surface area contributed by atoms with Gasteiger partial charge in [0.25, 0.3) is 0 Å². The largest absolute Gasteiger partial charge is 0.328 e. The van der Waals surface area contributed by atoms with Crippen LogP contribution >= 0.6 is 11.8 Å². The lowest BCUT2D eigenvalue weighted by molar-refractivity contribution is -0.116. The number of hydrogen-bond donors (Lipinski definition) is 1. The van der Waals surface area contributed by atoms with Gasteiger partial charge in [-0.1, -0.05) is 19.1 Å². The van der Waals surface area contributed by atoms with Crippen molar-refractivity contribution in [1.29, 1.82) is 0 Å². The number of para-hydroxylation sites is 1. The third-order valence-electron chi connectivity index (χ3n) is 5.91. The summed E-state index contributed by atoms with van der Waals surface area (Å²) in [6, 6.07) is 12.9. The second-order valence-electron chi connectivity index (χ2n) is 8.19. The molecule has 1 amide bonds. The highest BCUT2D eigenvalue weighted by Gasteiger charge is 2.28. The molecule has 3 aromatic rings. The van der Waals surface area contributed by atoms with Crippen molar-refractivity contribution in [2.75, 3.05) is 24.7 Å². The molecule has 2 aromatic carbocycles. The molecule has 176 valence electrons. The number of thioether (sulfide) groups is 1. The normalized spacial score (nSPS) is 14.7. The molecule has 0 saturated carbocycles. The number of rotatable bonds is 9. The summed E-state index contributed by atoms with van der Waals surface area (Å²) in [4.78, 5) is 18.7. The van der Waals surface area contributed by atoms with Crippen LogP contribution in [-0.2, 0) is 27.8 Å². The van der Waals surface area contributed by atoms with E-state index in [1.165, 1.54) is 0 Å². The van der Waals surface area contributed by atoms with Gasteiger partial charge in [0.15, 0.2) is 0 Å². The summed E-state index contributed by atoms with van der Waals surface area (Å²) in [5.41, 5.74) is 2.38. The zero-order chi connectivity index (χ0) is 23.4.